The van der Waals surface area contributed by atoms with Gasteiger partial charge in [0.05, 0.1) is 12.2 Å². The molecular formula is C16H24N2OS. The van der Waals surface area contributed by atoms with Gasteiger partial charge in [-0.2, -0.15) is 5.26 Å². The summed E-state index contributed by atoms with van der Waals surface area (Å²) >= 11 is 1.78. The van der Waals surface area contributed by atoms with Gasteiger partial charge in [-0.05, 0) is 35.8 Å². The Hall–Kier alpha value is -1.02. The van der Waals surface area contributed by atoms with Crippen LogP contribution in [0.15, 0.2) is 23.1 Å². The summed E-state index contributed by atoms with van der Waals surface area (Å²) < 4.78 is 4.99. The summed E-state index contributed by atoms with van der Waals surface area (Å²) in [5, 5.41) is 12.5. The summed E-state index contributed by atoms with van der Waals surface area (Å²) in [5.74, 6) is 1.77. The lowest BCUT2D eigenvalue weighted by Gasteiger charge is -2.09. The van der Waals surface area contributed by atoms with Crippen LogP contribution in [0.4, 0.5) is 0 Å². The summed E-state index contributed by atoms with van der Waals surface area (Å²) in [6.07, 6.45) is 1.18. The third-order valence-corrected chi connectivity index (χ3v) is 4.04. The van der Waals surface area contributed by atoms with Crippen LogP contribution in [-0.2, 0) is 11.3 Å². The van der Waals surface area contributed by atoms with Gasteiger partial charge in [0.15, 0.2) is 0 Å². The van der Waals surface area contributed by atoms with Crippen molar-refractivity contribution in [3.05, 3.63) is 29.3 Å². The number of nitriles is 1. The van der Waals surface area contributed by atoms with E-state index in [-0.39, 0.29) is 0 Å². The van der Waals surface area contributed by atoms with Crippen molar-refractivity contribution in [3.63, 3.8) is 0 Å². The number of ether oxygens (including phenoxy) is 1. The summed E-state index contributed by atoms with van der Waals surface area (Å²) in [7, 11) is 1.69. The van der Waals surface area contributed by atoms with E-state index >= 15 is 0 Å². The van der Waals surface area contributed by atoms with Gasteiger partial charge in [0.1, 0.15) is 6.07 Å². The lowest BCUT2D eigenvalue weighted by molar-refractivity contribution is 0.199. The van der Waals surface area contributed by atoms with Gasteiger partial charge in [-0.15, -0.1) is 11.8 Å². The molecule has 0 fully saturated rings. The average molecular weight is 292 g/mol. The largest absolute Gasteiger partial charge is 0.383 e. The highest BCUT2D eigenvalue weighted by atomic mass is 32.2. The molecule has 0 unspecified atom stereocenters. The van der Waals surface area contributed by atoms with E-state index in [0.717, 1.165) is 34.9 Å². The second-order valence-corrected chi connectivity index (χ2v) is 6.28. The molecule has 0 radical (unpaired) electrons. The van der Waals surface area contributed by atoms with Crippen molar-refractivity contribution in [2.45, 2.75) is 31.7 Å². The highest BCUT2D eigenvalue weighted by Gasteiger charge is 2.05. The Morgan fingerprint density at radius 1 is 1.40 bits per heavy atom. The Kier molecular flexibility index (Phi) is 8.36. The third-order valence-electron chi connectivity index (χ3n) is 2.93. The molecule has 0 heterocycles. The molecule has 0 atom stereocenters. The van der Waals surface area contributed by atoms with E-state index in [9.17, 15) is 5.26 Å². The van der Waals surface area contributed by atoms with Gasteiger partial charge in [-0.1, -0.05) is 19.9 Å². The molecule has 0 aliphatic carbocycles. The van der Waals surface area contributed by atoms with Crippen LogP contribution in [0.25, 0.3) is 0 Å². The lowest BCUT2D eigenvalue weighted by atomic mass is 10.1. The number of hydrogen-bond acceptors (Lipinski definition) is 4. The zero-order valence-electron chi connectivity index (χ0n) is 12.6. The van der Waals surface area contributed by atoms with E-state index < -0.39 is 0 Å². The van der Waals surface area contributed by atoms with Gasteiger partial charge < -0.3 is 10.1 Å². The van der Waals surface area contributed by atoms with Gasteiger partial charge in [0.25, 0.3) is 0 Å². The van der Waals surface area contributed by atoms with E-state index in [4.69, 9.17) is 4.74 Å². The maximum absolute atomic E-state index is 9.26. The molecule has 20 heavy (non-hydrogen) atoms. The number of thioether (sulfide) groups is 1. The van der Waals surface area contributed by atoms with Crippen LogP contribution in [0.3, 0.4) is 0 Å². The summed E-state index contributed by atoms with van der Waals surface area (Å²) in [4.78, 5) is 1.09. The SMILES string of the molecule is COCCNCc1ccc(SCCC(C)C)c(C#N)c1. The summed E-state index contributed by atoms with van der Waals surface area (Å²) in [5.41, 5.74) is 1.93. The molecule has 0 spiro atoms. The van der Waals surface area contributed by atoms with Crippen LogP contribution >= 0.6 is 11.8 Å². The number of methoxy groups -OCH3 is 1. The normalized spacial score (nSPS) is 10.8. The van der Waals surface area contributed by atoms with Crippen molar-refractivity contribution in [1.82, 2.24) is 5.32 Å². The van der Waals surface area contributed by atoms with E-state index in [1.807, 2.05) is 6.07 Å². The second kappa shape index (κ2) is 9.82. The standard InChI is InChI=1S/C16H24N2OS/c1-13(2)6-9-20-16-5-4-14(10-15(16)11-17)12-18-7-8-19-3/h4-5,10,13,18H,6-9,12H2,1-3H3. The fraction of sp³-hybridized carbons (Fsp3) is 0.562. The Balaban J connectivity index is 2.54. The topological polar surface area (TPSA) is 45.0 Å². The first-order chi connectivity index (χ1) is 9.67. The zero-order valence-corrected chi connectivity index (χ0v) is 13.4. The van der Waals surface area contributed by atoms with E-state index in [1.54, 1.807) is 18.9 Å². The number of hydrogen-bond donors (Lipinski definition) is 1. The van der Waals surface area contributed by atoms with Gasteiger partial charge in [-0.25, -0.2) is 0 Å². The number of nitrogens with zero attached hydrogens (tertiary/aromatic N) is 1. The third kappa shape index (κ3) is 6.42. The maximum atomic E-state index is 9.26. The van der Waals surface area contributed by atoms with Crippen LogP contribution in [0.2, 0.25) is 0 Å². The van der Waals surface area contributed by atoms with E-state index in [0.29, 0.717) is 12.5 Å². The van der Waals surface area contributed by atoms with Crippen LogP contribution in [0.1, 0.15) is 31.4 Å². The Morgan fingerprint density at radius 2 is 2.20 bits per heavy atom. The zero-order chi connectivity index (χ0) is 14.8. The Labute approximate surface area is 126 Å². The van der Waals surface area contributed by atoms with Gasteiger partial charge in [0.2, 0.25) is 0 Å². The predicted octanol–water partition coefficient (Wildman–Crippen LogP) is 3.43. The molecular weight excluding hydrogens is 268 g/mol. The summed E-state index contributed by atoms with van der Waals surface area (Å²) in [6, 6.07) is 8.45. The Morgan fingerprint density at radius 3 is 2.85 bits per heavy atom. The number of nitrogens with one attached hydrogen (secondary N) is 1. The molecule has 0 saturated heterocycles. The van der Waals surface area contributed by atoms with Gasteiger partial charge >= 0.3 is 0 Å². The molecule has 0 aromatic heterocycles. The molecule has 1 aromatic carbocycles. The fourth-order valence-electron chi connectivity index (χ4n) is 1.71. The van der Waals surface area contributed by atoms with Crippen molar-refractivity contribution in [2.75, 3.05) is 26.0 Å². The van der Waals surface area contributed by atoms with Gasteiger partial charge in [-0.3, -0.25) is 0 Å². The molecule has 1 N–H and O–H groups in total. The molecule has 110 valence electrons. The molecule has 0 amide bonds. The predicted molar refractivity (Wildman–Crippen MR) is 84.9 cm³/mol. The smallest absolute Gasteiger partial charge is 0.100 e. The van der Waals surface area contributed by atoms with Crippen molar-refractivity contribution in [3.8, 4) is 6.07 Å². The van der Waals surface area contributed by atoms with Crippen molar-refractivity contribution in [1.29, 1.82) is 5.26 Å². The minimum atomic E-state index is 0.703. The van der Waals surface area contributed by atoms with Crippen molar-refractivity contribution in [2.24, 2.45) is 5.92 Å². The maximum Gasteiger partial charge on any atom is 0.100 e. The van der Waals surface area contributed by atoms with Crippen LogP contribution in [0.5, 0.6) is 0 Å². The van der Waals surface area contributed by atoms with Crippen molar-refractivity contribution >= 4 is 11.8 Å². The molecule has 0 aliphatic rings. The first-order valence-electron chi connectivity index (χ1n) is 7.02. The first kappa shape index (κ1) is 17.0. The minimum absolute atomic E-state index is 0.703. The number of benzene rings is 1. The molecule has 0 bridgehead atoms. The first-order valence-corrected chi connectivity index (χ1v) is 8.01. The van der Waals surface area contributed by atoms with E-state index in [1.165, 1.54) is 6.42 Å². The summed E-state index contributed by atoms with van der Waals surface area (Å²) in [6.45, 7) is 6.74. The molecule has 1 rings (SSSR count). The molecule has 0 saturated carbocycles. The highest BCUT2D eigenvalue weighted by Crippen LogP contribution is 2.25. The highest BCUT2D eigenvalue weighted by molar-refractivity contribution is 7.99. The minimum Gasteiger partial charge on any atom is -0.383 e. The quantitative estimate of drug-likeness (QED) is 0.559. The van der Waals surface area contributed by atoms with E-state index in [2.05, 4.69) is 37.4 Å². The number of rotatable bonds is 9. The van der Waals surface area contributed by atoms with Crippen LogP contribution in [0, 0.1) is 17.2 Å². The van der Waals surface area contributed by atoms with Crippen LogP contribution in [-0.4, -0.2) is 26.0 Å². The Bertz CT molecular complexity index is 441. The fourth-order valence-corrected chi connectivity index (χ4v) is 2.95. The monoisotopic (exact) mass is 292 g/mol. The molecule has 1 aromatic rings. The molecule has 3 nitrogen and oxygen atoms in total. The van der Waals surface area contributed by atoms with Gasteiger partial charge in [0, 0.05) is 25.1 Å². The average Bonchev–Trinajstić information content (AvgIpc) is 2.44. The van der Waals surface area contributed by atoms with Crippen LogP contribution < -0.4 is 5.32 Å². The molecule has 0 aliphatic heterocycles. The molecule has 4 heteroatoms. The lowest BCUT2D eigenvalue weighted by Crippen LogP contribution is -2.18. The van der Waals surface area contributed by atoms with Crippen molar-refractivity contribution < 1.29 is 4.74 Å². The second-order valence-electron chi connectivity index (χ2n) is 5.14.